The van der Waals surface area contributed by atoms with Crippen molar-refractivity contribution in [1.29, 1.82) is 5.41 Å². The minimum Gasteiger partial charge on any atom is -0.305 e. The molecule has 0 aromatic heterocycles. The summed E-state index contributed by atoms with van der Waals surface area (Å²) in [6.45, 7) is 0. The molecule has 0 bridgehead atoms. The van der Waals surface area contributed by atoms with E-state index in [9.17, 15) is 0 Å². The van der Waals surface area contributed by atoms with Crippen LogP contribution in [0.3, 0.4) is 0 Å². The van der Waals surface area contributed by atoms with Gasteiger partial charge in [-0.1, -0.05) is 54.6 Å². The number of hydrogen-bond acceptors (Lipinski definition) is 1. The van der Waals surface area contributed by atoms with Gasteiger partial charge < -0.3 is 5.41 Å². The van der Waals surface area contributed by atoms with E-state index in [0.29, 0.717) is 11.8 Å². The molecule has 0 heterocycles. The molecule has 0 saturated carbocycles. The topological polar surface area (TPSA) is 23.9 Å². The number of benzene rings is 2. The average molecular weight is 273 g/mol. The largest absolute Gasteiger partial charge is 0.305 e. The van der Waals surface area contributed by atoms with Crippen LogP contribution in [0.5, 0.6) is 0 Å². The van der Waals surface area contributed by atoms with Crippen LogP contribution < -0.4 is 0 Å². The van der Waals surface area contributed by atoms with E-state index in [0.717, 1.165) is 12.1 Å². The summed E-state index contributed by atoms with van der Waals surface area (Å²) in [7, 11) is 0. The van der Waals surface area contributed by atoms with Gasteiger partial charge in [0, 0.05) is 5.71 Å². The lowest BCUT2D eigenvalue weighted by molar-refractivity contribution is 0.455. The van der Waals surface area contributed by atoms with E-state index >= 15 is 0 Å². The minimum atomic E-state index is 0.465. The first-order valence-electron chi connectivity index (χ1n) is 7.75. The monoisotopic (exact) mass is 273 g/mol. The average Bonchev–Trinajstić information content (AvgIpc) is 2.53. The van der Waals surface area contributed by atoms with Crippen molar-refractivity contribution in [2.75, 3.05) is 0 Å². The maximum absolute atomic E-state index is 8.14. The highest BCUT2D eigenvalue weighted by molar-refractivity contribution is 5.95. The number of rotatable bonds is 1. The highest BCUT2D eigenvalue weighted by Crippen LogP contribution is 2.42. The first kappa shape index (κ1) is 12.6. The van der Waals surface area contributed by atoms with E-state index in [2.05, 4.69) is 60.7 Å². The van der Waals surface area contributed by atoms with E-state index in [-0.39, 0.29) is 0 Å². The van der Waals surface area contributed by atoms with Crippen molar-refractivity contribution >= 4 is 16.5 Å². The van der Waals surface area contributed by atoms with E-state index in [4.69, 9.17) is 5.41 Å². The van der Waals surface area contributed by atoms with Crippen LogP contribution in [-0.4, -0.2) is 5.71 Å². The Kier molecular flexibility index (Phi) is 2.99. The fraction of sp³-hybridized carbons (Fsp3) is 0.250. The second kappa shape index (κ2) is 5.00. The van der Waals surface area contributed by atoms with Crippen LogP contribution in [-0.2, 0) is 0 Å². The van der Waals surface area contributed by atoms with Gasteiger partial charge in [-0.2, -0.15) is 0 Å². The van der Waals surface area contributed by atoms with Crippen LogP contribution in [0.1, 0.15) is 30.7 Å². The summed E-state index contributed by atoms with van der Waals surface area (Å²) in [4.78, 5) is 0. The molecule has 21 heavy (non-hydrogen) atoms. The van der Waals surface area contributed by atoms with Gasteiger partial charge in [0.2, 0.25) is 0 Å². The highest BCUT2D eigenvalue weighted by Gasteiger charge is 2.30. The smallest absolute Gasteiger partial charge is 0.0323 e. The maximum atomic E-state index is 8.14. The van der Waals surface area contributed by atoms with Crippen LogP contribution in [0.15, 0.2) is 66.3 Å². The fourth-order valence-electron chi connectivity index (χ4n) is 3.80. The molecule has 104 valence electrons. The minimum absolute atomic E-state index is 0.465. The Morgan fingerprint density at radius 3 is 2.71 bits per heavy atom. The van der Waals surface area contributed by atoms with Gasteiger partial charge in [0.05, 0.1) is 0 Å². The van der Waals surface area contributed by atoms with Gasteiger partial charge in [-0.05, 0) is 59.1 Å². The zero-order chi connectivity index (χ0) is 14.2. The van der Waals surface area contributed by atoms with Crippen molar-refractivity contribution in [2.24, 2.45) is 5.92 Å². The summed E-state index contributed by atoms with van der Waals surface area (Å²) in [5.74, 6) is 1.05. The maximum Gasteiger partial charge on any atom is 0.0323 e. The van der Waals surface area contributed by atoms with E-state index in [1.54, 1.807) is 0 Å². The van der Waals surface area contributed by atoms with Crippen LogP contribution >= 0.6 is 0 Å². The van der Waals surface area contributed by atoms with Crippen LogP contribution in [0.2, 0.25) is 0 Å². The molecule has 1 nitrogen and oxygen atoms in total. The third-order valence-electron chi connectivity index (χ3n) is 4.85. The molecule has 1 heteroatoms. The lowest BCUT2D eigenvalue weighted by Crippen LogP contribution is -2.24. The molecule has 0 saturated heterocycles. The van der Waals surface area contributed by atoms with Crippen molar-refractivity contribution in [3.05, 3.63) is 71.8 Å². The predicted molar refractivity (Wildman–Crippen MR) is 89.0 cm³/mol. The van der Waals surface area contributed by atoms with E-state index in [1.165, 1.54) is 34.8 Å². The predicted octanol–water partition coefficient (Wildman–Crippen LogP) is 5.24. The summed E-state index contributed by atoms with van der Waals surface area (Å²) in [6, 6.07) is 15.4. The molecule has 2 unspecified atom stereocenters. The molecule has 0 fully saturated rings. The quantitative estimate of drug-likeness (QED) is 0.734. The lowest BCUT2D eigenvalue weighted by atomic mass is 9.70. The Bertz CT molecular complexity index is 766. The van der Waals surface area contributed by atoms with Crippen molar-refractivity contribution < 1.29 is 0 Å². The molecule has 2 aromatic rings. The second-order valence-corrected chi connectivity index (χ2v) is 6.17. The van der Waals surface area contributed by atoms with Crippen LogP contribution in [0.4, 0.5) is 0 Å². The number of fused-ring (bicyclic) bond motifs is 2. The molecule has 0 radical (unpaired) electrons. The van der Waals surface area contributed by atoms with Gasteiger partial charge >= 0.3 is 0 Å². The lowest BCUT2D eigenvalue weighted by Gasteiger charge is -2.34. The molecular weight excluding hydrogens is 254 g/mol. The first-order chi connectivity index (χ1) is 10.3. The van der Waals surface area contributed by atoms with Crippen LogP contribution in [0.25, 0.3) is 10.8 Å². The number of nitrogens with one attached hydrogen (secondary N) is 1. The third kappa shape index (κ3) is 2.23. The Balaban J connectivity index is 1.78. The first-order valence-corrected chi connectivity index (χ1v) is 7.75. The molecule has 2 aliphatic carbocycles. The number of hydrogen-bond donors (Lipinski definition) is 1. The Labute approximate surface area is 125 Å². The van der Waals surface area contributed by atoms with Crippen LogP contribution in [0, 0.1) is 11.3 Å². The van der Waals surface area contributed by atoms with Gasteiger partial charge in [-0.25, -0.2) is 0 Å². The second-order valence-electron chi connectivity index (χ2n) is 6.17. The molecule has 2 aromatic carbocycles. The van der Waals surface area contributed by atoms with Gasteiger partial charge in [-0.3, -0.25) is 0 Å². The Morgan fingerprint density at radius 1 is 0.952 bits per heavy atom. The molecule has 0 amide bonds. The highest BCUT2D eigenvalue weighted by atomic mass is 14.5. The van der Waals surface area contributed by atoms with E-state index < -0.39 is 0 Å². The third-order valence-corrected chi connectivity index (χ3v) is 4.85. The van der Waals surface area contributed by atoms with E-state index in [1.807, 2.05) is 0 Å². The summed E-state index contributed by atoms with van der Waals surface area (Å²) in [5.41, 5.74) is 3.52. The molecule has 4 rings (SSSR count). The zero-order valence-corrected chi connectivity index (χ0v) is 12.0. The Morgan fingerprint density at radius 2 is 1.81 bits per heavy atom. The van der Waals surface area contributed by atoms with Gasteiger partial charge in [0.25, 0.3) is 0 Å². The zero-order valence-electron chi connectivity index (χ0n) is 12.0. The molecule has 1 N–H and O–H groups in total. The van der Waals surface area contributed by atoms with Gasteiger partial charge in [0.15, 0.2) is 0 Å². The summed E-state index contributed by atoms with van der Waals surface area (Å²) < 4.78 is 0. The molecule has 2 aliphatic rings. The fourth-order valence-corrected chi connectivity index (χ4v) is 3.80. The molecule has 2 atom stereocenters. The van der Waals surface area contributed by atoms with Crippen molar-refractivity contribution in [3.63, 3.8) is 0 Å². The standard InChI is InChI=1S/C20H19N/c21-18-12-16-7-3-4-8-19(16)20(13-18)17-10-9-14-5-1-2-6-15(14)11-17/h1-3,5-7,9-12,19-21H,4,8,13H2. The van der Waals surface area contributed by atoms with Crippen molar-refractivity contribution in [2.45, 2.75) is 25.2 Å². The Hall–Kier alpha value is -2.15. The summed E-state index contributed by atoms with van der Waals surface area (Å²) in [5, 5.41) is 10.8. The summed E-state index contributed by atoms with van der Waals surface area (Å²) in [6.07, 6.45) is 9.82. The number of allylic oxidation sites excluding steroid dienone is 4. The molecular formula is C20H19N. The van der Waals surface area contributed by atoms with Crippen molar-refractivity contribution in [1.82, 2.24) is 0 Å². The van der Waals surface area contributed by atoms with Gasteiger partial charge in [0.1, 0.15) is 0 Å². The van der Waals surface area contributed by atoms with Crippen molar-refractivity contribution in [3.8, 4) is 0 Å². The normalized spacial score (nSPS) is 24.8. The molecule has 0 spiro atoms. The summed E-state index contributed by atoms with van der Waals surface area (Å²) >= 11 is 0. The SMILES string of the molecule is N=C1C=C2C=CCCC2C(c2ccc3ccccc3c2)C1. The molecule has 0 aliphatic heterocycles. The van der Waals surface area contributed by atoms with Gasteiger partial charge in [-0.15, -0.1) is 0 Å².